The molecule has 6 nitrogen and oxygen atoms in total. The summed E-state index contributed by atoms with van der Waals surface area (Å²) in [6, 6.07) is 5.20. The lowest BCUT2D eigenvalue weighted by Gasteiger charge is -2.22. The molecule has 0 amide bonds. The van der Waals surface area contributed by atoms with Crippen molar-refractivity contribution in [2.24, 2.45) is 0 Å². The predicted molar refractivity (Wildman–Crippen MR) is 65.5 cm³/mol. The predicted octanol–water partition coefficient (Wildman–Crippen LogP) is 1.15. The van der Waals surface area contributed by atoms with E-state index in [0.29, 0.717) is 31.9 Å². The molecule has 6 heteroatoms. The summed E-state index contributed by atoms with van der Waals surface area (Å²) in [4.78, 5) is 16.7. The van der Waals surface area contributed by atoms with Crippen LogP contribution >= 0.6 is 0 Å². The first-order valence-corrected chi connectivity index (χ1v) is 5.49. The standard InChI is InChI=1S/C12H15N3O3/c1-18-8-7-15(6-2-5-13)11-4-3-10(9-14-11)12(16)17/h3-4,9H,2,6-8H2,1H3,(H,16,17). The van der Waals surface area contributed by atoms with Gasteiger partial charge in [0.15, 0.2) is 0 Å². The number of ether oxygens (including phenoxy) is 1. The Morgan fingerprint density at radius 3 is 2.83 bits per heavy atom. The van der Waals surface area contributed by atoms with E-state index in [1.165, 1.54) is 12.3 Å². The van der Waals surface area contributed by atoms with Crippen molar-refractivity contribution in [3.8, 4) is 6.07 Å². The summed E-state index contributed by atoms with van der Waals surface area (Å²) in [5.41, 5.74) is 0.144. The molecule has 0 aliphatic carbocycles. The first-order chi connectivity index (χ1) is 8.69. The fourth-order valence-corrected chi connectivity index (χ4v) is 1.43. The number of methoxy groups -OCH3 is 1. The molecule has 0 fully saturated rings. The second kappa shape index (κ2) is 7.25. The largest absolute Gasteiger partial charge is 0.478 e. The van der Waals surface area contributed by atoms with Crippen molar-refractivity contribution >= 4 is 11.8 Å². The molecule has 1 aromatic heterocycles. The maximum atomic E-state index is 10.7. The van der Waals surface area contributed by atoms with Crippen molar-refractivity contribution in [1.29, 1.82) is 5.26 Å². The van der Waals surface area contributed by atoms with Gasteiger partial charge in [0.05, 0.1) is 24.7 Å². The molecule has 0 radical (unpaired) electrons. The van der Waals surface area contributed by atoms with Crippen LogP contribution in [0.1, 0.15) is 16.8 Å². The van der Waals surface area contributed by atoms with Crippen molar-refractivity contribution in [1.82, 2.24) is 4.98 Å². The second-order valence-electron chi connectivity index (χ2n) is 3.60. The third-order valence-electron chi connectivity index (χ3n) is 2.38. The number of nitriles is 1. The minimum Gasteiger partial charge on any atom is -0.478 e. The van der Waals surface area contributed by atoms with Gasteiger partial charge in [-0.1, -0.05) is 0 Å². The van der Waals surface area contributed by atoms with Gasteiger partial charge in [-0.15, -0.1) is 0 Å². The number of aromatic nitrogens is 1. The fraction of sp³-hybridized carbons (Fsp3) is 0.417. The molecule has 0 saturated carbocycles. The number of aromatic carboxylic acids is 1. The summed E-state index contributed by atoms with van der Waals surface area (Å²) in [6.45, 7) is 1.67. The zero-order chi connectivity index (χ0) is 13.4. The summed E-state index contributed by atoms with van der Waals surface area (Å²) < 4.78 is 4.99. The molecule has 1 rings (SSSR count). The van der Waals surface area contributed by atoms with E-state index in [2.05, 4.69) is 11.1 Å². The summed E-state index contributed by atoms with van der Waals surface area (Å²) >= 11 is 0. The molecular weight excluding hydrogens is 234 g/mol. The van der Waals surface area contributed by atoms with Gasteiger partial charge in [-0.3, -0.25) is 0 Å². The second-order valence-corrected chi connectivity index (χ2v) is 3.60. The highest BCUT2D eigenvalue weighted by Gasteiger charge is 2.09. The Hall–Kier alpha value is -2.13. The van der Waals surface area contributed by atoms with Crippen LogP contribution in [0.4, 0.5) is 5.82 Å². The number of carbonyl (C=O) groups is 1. The molecule has 18 heavy (non-hydrogen) atoms. The van der Waals surface area contributed by atoms with Gasteiger partial charge in [-0.05, 0) is 12.1 Å². The van der Waals surface area contributed by atoms with E-state index >= 15 is 0 Å². The molecule has 0 saturated heterocycles. The van der Waals surface area contributed by atoms with E-state index in [4.69, 9.17) is 15.1 Å². The normalized spacial score (nSPS) is 9.78. The summed E-state index contributed by atoms with van der Waals surface area (Å²) in [6.07, 6.45) is 1.69. The number of carboxylic acids is 1. The number of hydrogen-bond acceptors (Lipinski definition) is 5. The van der Waals surface area contributed by atoms with E-state index < -0.39 is 5.97 Å². The highest BCUT2D eigenvalue weighted by Crippen LogP contribution is 2.11. The van der Waals surface area contributed by atoms with E-state index in [0.717, 1.165) is 0 Å². The zero-order valence-corrected chi connectivity index (χ0v) is 10.2. The average molecular weight is 249 g/mol. The van der Waals surface area contributed by atoms with E-state index in [1.807, 2.05) is 4.90 Å². The lowest BCUT2D eigenvalue weighted by atomic mass is 10.3. The van der Waals surface area contributed by atoms with E-state index in [-0.39, 0.29) is 5.56 Å². The Kier molecular flexibility index (Phi) is 5.61. The molecule has 96 valence electrons. The topological polar surface area (TPSA) is 86.5 Å². The minimum absolute atomic E-state index is 0.144. The van der Waals surface area contributed by atoms with Gasteiger partial charge in [-0.2, -0.15) is 5.26 Å². The van der Waals surface area contributed by atoms with Gasteiger partial charge in [0.25, 0.3) is 0 Å². The average Bonchev–Trinajstić information content (AvgIpc) is 2.39. The van der Waals surface area contributed by atoms with Crippen LogP contribution in [0.5, 0.6) is 0 Å². The van der Waals surface area contributed by atoms with Crippen LogP contribution in [0, 0.1) is 11.3 Å². The lowest BCUT2D eigenvalue weighted by Crippen LogP contribution is -2.29. The van der Waals surface area contributed by atoms with Gasteiger partial charge in [0.1, 0.15) is 5.82 Å². The van der Waals surface area contributed by atoms with Crippen LogP contribution in [0.25, 0.3) is 0 Å². The highest BCUT2D eigenvalue weighted by molar-refractivity contribution is 5.87. The van der Waals surface area contributed by atoms with Crippen LogP contribution in [0.15, 0.2) is 18.3 Å². The quantitative estimate of drug-likeness (QED) is 0.780. The van der Waals surface area contributed by atoms with Crippen molar-refractivity contribution in [3.63, 3.8) is 0 Å². The summed E-state index contributed by atoms with van der Waals surface area (Å²) in [5, 5.41) is 17.4. The molecule has 1 heterocycles. The van der Waals surface area contributed by atoms with Crippen molar-refractivity contribution in [2.45, 2.75) is 6.42 Å². The first-order valence-electron chi connectivity index (χ1n) is 5.49. The fourth-order valence-electron chi connectivity index (χ4n) is 1.43. The zero-order valence-electron chi connectivity index (χ0n) is 10.2. The molecule has 0 bridgehead atoms. The monoisotopic (exact) mass is 249 g/mol. The van der Waals surface area contributed by atoms with E-state index in [1.54, 1.807) is 13.2 Å². The molecule has 0 spiro atoms. The number of carboxylic acid groups (broad SMARTS) is 1. The Bertz CT molecular complexity index is 425. The Morgan fingerprint density at radius 2 is 2.33 bits per heavy atom. The first kappa shape index (κ1) is 13.9. The van der Waals surface area contributed by atoms with E-state index in [9.17, 15) is 4.79 Å². The molecular formula is C12H15N3O3. The van der Waals surface area contributed by atoms with Crippen LogP contribution < -0.4 is 4.90 Å². The summed E-state index contributed by atoms with van der Waals surface area (Å²) in [5.74, 6) is -0.359. The SMILES string of the molecule is COCCN(CCC#N)c1ccc(C(=O)O)cn1. The molecule has 0 aliphatic heterocycles. The van der Waals surface area contributed by atoms with Crippen LogP contribution in [0.3, 0.4) is 0 Å². The Labute approximate surface area is 105 Å². The van der Waals surface area contributed by atoms with Gasteiger partial charge < -0.3 is 14.7 Å². The maximum absolute atomic E-state index is 10.7. The maximum Gasteiger partial charge on any atom is 0.337 e. The van der Waals surface area contributed by atoms with Crippen LogP contribution in [0.2, 0.25) is 0 Å². The molecule has 0 aromatic carbocycles. The van der Waals surface area contributed by atoms with Crippen molar-refractivity contribution < 1.29 is 14.6 Å². The molecule has 0 aliphatic rings. The van der Waals surface area contributed by atoms with Gasteiger partial charge in [0, 0.05) is 26.4 Å². The van der Waals surface area contributed by atoms with Gasteiger partial charge >= 0.3 is 5.97 Å². The van der Waals surface area contributed by atoms with Crippen molar-refractivity contribution in [2.75, 3.05) is 31.7 Å². The van der Waals surface area contributed by atoms with Gasteiger partial charge in [0.2, 0.25) is 0 Å². The van der Waals surface area contributed by atoms with Gasteiger partial charge in [-0.25, -0.2) is 9.78 Å². The van der Waals surface area contributed by atoms with Crippen molar-refractivity contribution in [3.05, 3.63) is 23.9 Å². The number of hydrogen-bond donors (Lipinski definition) is 1. The molecule has 1 N–H and O–H groups in total. The number of anilines is 1. The smallest absolute Gasteiger partial charge is 0.337 e. The third-order valence-corrected chi connectivity index (χ3v) is 2.38. The number of nitrogens with zero attached hydrogens (tertiary/aromatic N) is 3. The Balaban J connectivity index is 2.77. The van der Waals surface area contributed by atoms with Crippen LogP contribution in [-0.4, -0.2) is 42.9 Å². The minimum atomic E-state index is -1.01. The summed E-state index contributed by atoms with van der Waals surface area (Å²) in [7, 11) is 1.60. The molecule has 0 atom stereocenters. The van der Waals surface area contributed by atoms with Crippen LogP contribution in [-0.2, 0) is 4.74 Å². The Morgan fingerprint density at radius 1 is 1.56 bits per heavy atom. The molecule has 0 unspecified atom stereocenters. The third kappa shape index (κ3) is 4.03. The number of pyridine rings is 1. The highest BCUT2D eigenvalue weighted by atomic mass is 16.5. The molecule has 1 aromatic rings. The number of rotatable bonds is 7. The lowest BCUT2D eigenvalue weighted by molar-refractivity contribution is 0.0696.